The highest BCUT2D eigenvalue weighted by Crippen LogP contribution is 2.26. The molecule has 2 N–H and O–H groups in total. The number of aromatic nitrogens is 1. The van der Waals surface area contributed by atoms with Crippen molar-refractivity contribution >= 4 is 47.4 Å². The van der Waals surface area contributed by atoms with Gasteiger partial charge in [-0.1, -0.05) is 29.8 Å². The fourth-order valence-corrected chi connectivity index (χ4v) is 3.93. The van der Waals surface area contributed by atoms with Gasteiger partial charge in [0.2, 0.25) is 0 Å². The summed E-state index contributed by atoms with van der Waals surface area (Å²) in [6, 6.07) is 10.6. The fourth-order valence-electron chi connectivity index (χ4n) is 3.69. The number of ether oxygens (including phenoxy) is 1. The molecule has 2 aliphatic rings. The van der Waals surface area contributed by atoms with Crippen LogP contribution in [0.1, 0.15) is 30.0 Å². The lowest BCUT2D eigenvalue weighted by Gasteiger charge is -2.20. The first-order valence-electron chi connectivity index (χ1n) is 9.81. The minimum Gasteiger partial charge on any atom is -0.372 e. The van der Waals surface area contributed by atoms with Crippen LogP contribution in [-0.2, 0) is 24.5 Å². The maximum atomic E-state index is 6.30. The van der Waals surface area contributed by atoms with Crippen molar-refractivity contribution in [3.8, 4) is 0 Å². The summed E-state index contributed by atoms with van der Waals surface area (Å²) < 4.78 is 5.50. The second kappa shape index (κ2) is 10.4. The number of halogens is 2. The SMILES string of the molecule is CCNC(=NCc1ccc2c(c1)COC2)NC1CCN(c2ncccc2Cl)C1.I. The number of nitrogens with zero attached hydrogens (tertiary/aromatic N) is 3. The zero-order valence-corrected chi connectivity index (χ0v) is 19.6. The molecule has 6 nitrogen and oxygen atoms in total. The van der Waals surface area contributed by atoms with Crippen molar-refractivity contribution < 1.29 is 4.74 Å². The molecule has 29 heavy (non-hydrogen) atoms. The Labute approximate surface area is 194 Å². The van der Waals surface area contributed by atoms with Crippen LogP contribution < -0.4 is 15.5 Å². The number of guanidine groups is 1. The van der Waals surface area contributed by atoms with E-state index in [0.717, 1.165) is 44.4 Å². The summed E-state index contributed by atoms with van der Waals surface area (Å²) in [5.41, 5.74) is 3.77. The van der Waals surface area contributed by atoms with E-state index in [-0.39, 0.29) is 24.0 Å². The molecule has 1 aromatic heterocycles. The molecule has 156 valence electrons. The van der Waals surface area contributed by atoms with E-state index in [9.17, 15) is 0 Å². The van der Waals surface area contributed by atoms with E-state index in [1.54, 1.807) is 6.20 Å². The van der Waals surface area contributed by atoms with Crippen LogP contribution in [0.15, 0.2) is 41.5 Å². The molecule has 1 saturated heterocycles. The summed E-state index contributed by atoms with van der Waals surface area (Å²) in [4.78, 5) is 11.4. The number of hydrogen-bond acceptors (Lipinski definition) is 4. The second-order valence-electron chi connectivity index (χ2n) is 7.18. The predicted molar refractivity (Wildman–Crippen MR) is 128 cm³/mol. The van der Waals surface area contributed by atoms with E-state index in [4.69, 9.17) is 21.3 Å². The summed E-state index contributed by atoms with van der Waals surface area (Å²) in [6.45, 7) is 6.77. The quantitative estimate of drug-likeness (QED) is 0.353. The Morgan fingerprint density at radius 3 is 3.00 bits per heavy atom. The van der Waals surface area contributed by atoms with Crippen molar-refractivity contribution in [1.29, 1.82) is 0 Å². The smallest absolute Gasteiger partial charge is 0.191 e. The molecule has 8 heteroatoms. The fraction of sp³-hybridized carbons (Fsp3) is 0.429. The van der Waals surface area contributed by atoms with Crippen molar-refractivity contribution in [2.45, 2.75) is 39.1 Å². The van der Waals surface area contributed by atoms with Crippen molar-refractivity contribution in [1.82, 2.24) is 15.6 Å². The minimum absolute atomic E-state index is 0. The number of fused-ring (bicyclic) bond motifs is 1. The molecule has 4 rings (SSSR count). The number of pyridine rings is 1. The Bertz CT molecular complexity index is 863. The van der Waals surface area contributed by atoms with E-state index >= 15 is 0 Å². The van der Waals surface area contributed by atoms with Crippen molar-refractivity contribution in [2.75, 3.05) is 24.5 Å². The molecule has 3 heterocycles. The van der Waals surface area contributed by atoms with Crippen LogP contribution in [0.25, 0.3) is 0 Å². The molecule has 0 bridgehead atoms. The van der Waals surface area contributed by atoms with Crippen molar-refractivity contribution in [2.24, 2.45) is 4.99 Å². The zero-order valence-electron chi connectivity index (χ0n) is 16.5. The first-order chi connectivity index (χ1) is 13.7. The largest absolute Gasteiger partial charge is 0.372 e. The van der Waals surface area contributed by atoms with Gasteiger partial charge in [0.1, 0.15) is 5.82 Å². The van der Waals surface area contributed by atoms with Crippen LogP contribution in [0.4, 0.5) is 5.82 Å². The van der Waals surface area contributed by atoms with E-state index in [0.29, 0.717) is 24.2 Å². The van der Waals surface area contributed by atoms with E-state index < -0.39 is 0 Å². The van der Waals surface area contributed by atoms with Gasteiger partial charge >= 0.3 is 0 Å². The van der Waals surface area contributed by atoms with Gasteiger partial charge in [0.05, 0.1) is 24.8 Å². The lowest BCUT2D eigenvalue weighted by molar-refractivity contribution is 0.134. The van der Waals surface area contributed by atoms with Crippen LogP contribution in [0, 0.1) is 0 Å². The predicted octanol–water partition coefficient (Wildman–Crippen LogP) is 3.72. The normalized spacial score (nSPS) is 18.3. The molecule has 0 saturated carbocycles. The van der Waals surface area contributed by atoms with Gasteiger partial charge in [-0.05, 0) is 42.2 Å². The number of aliphatic imine (C=N–C) groups is 1. The highest BCUT2D eigenvalue weighted by atomic mass is 127. The van der Waals surface area contributed by atoms with Gasteiger partial charge in [-0.15, -0.1) is 24.0 Å². The number of anilines is 1. The average molecular weight is 528 g/mol. The molecule has 0 radical (unpaired) electrons. The number of nitrogens with one attached hydrogen (secondary N) is 2. The molecule has 1 atom stereocenters. The topological polar surface area (TPSA) is 61.8 Å². The summed E-state index contributed by atoms with van der Waals surface area (Å²) in [5.74, 6) is 1.70. The molecule has 0 amide bonds. The maximum absolute atomic E-state index is 6.30. The Balaban J connectivity index is 0.00000240. The van der Waals surface area contributed by atoms with Crippen LogP contribution in [0.3, 0.4) is 0 Å². The molecule has 1 aromatic carbocycles. The Morgan fingerprint density at radius 2 is 2.17 bits per heavy atom. The van der Waals surface area contributed by atoms with E-state index in [1.165, 1.54) is 16.7 Å². The first-order valence-corrected chi connectivity index (χ1v) is 10.2. The molecule has 0 aliphatic carbocycles. The van der Waals surface area contributed by atoms with Crippen molar-refractivity contribution in [3.63, 3.8) is 0 Å². The van der Waals surface area contributed by atoms with Gasteiger partial charge in [-0.2, -0.15) is 0 Å². The number of hydrogen-bond donors (Lipinski definition) is 2. The second-order valence-corrected chi connectivity index (χ2v) is 7.58. The zero-order chi connectivity index (χ0) is 19.3. The van der Waals surface area contributed by atoms with Gasteiger partial charge in [0, 0.05) is 31.9 Å². The molecule has 1 fully saturated rings. The highest BCUT2D eigenvalue weighted by molar-refractivity contribution is 14.0. The van der Waals surface area contributed by atoms with Crippen LogP contribution in [0.2, 0.25) is 5.02 Å². The summed E-state index contributed by atoms with van der Waals surface area (Å²) in [6.07, 6.45) is 2.81. The third-order valence-corrected chi connectivity index (χ3v) is 5.41. The molecular formula is C21H27ClIN5O. The minimum atomic E-state index is 0. The Kier molecular flexibility index (Phi) is 7.97. The third kappa shape index (κ3) is 5.52. The van der Waals surface area contributed by atoms with Crippen LogP contribution >= 0.6 is 35.6 Å². The van der Waals surface area contributed by atoms with Gasteiger partial charge < -0.3 is 20.3 Å². The highest BCUT2D eigenvalue weighted by Gasteiger charge is 2.25. The Morgan fingerprint density at radius 1 is 1.31 bits per heavy atom. The van der Waals surface area contributed by atoms with E-state index in [2.05, 4.69) is 45.6 Å². The summed E-state index contributed by atoms with van der Waals surface area (Å²) in [7, 11) is 0. The van der Waals surface area contributed by atoms with Gasteiger partial charge in [-0.25, -0.2) is 9.98 Å². The standard InChI is InChI=1S/C21H26ClN5O.HI/c1-2-23-21(25-11-15-5-6-16-13-28-14-17(16)10-15)26-18-7-9-27(12-18)20-19(22)4-3-8-24-20;/h3-6,8,10,18H,2,7,9,11-14H2,1H3,(H2,23,25,26);1H. The van der Waals surface area contributed by atoms with Gasteiger partial charge in [-0.3, -0.25) is 0 Å². The van der Waals surface area contributed by atoms with E-state index in [1.807, 2.05) is 12.1 Å². The molecule has 1 unspecified atom stereocenters. The average Bonchev–Trinajstić information content (AvgIpc) is 3.35. The van der Waals surface area contributed by atoms with Crippen molar-refractivity contribution in [3.05, 3.63) is 58.2 Å². The van der Waals surface area contributed by atoms with Crippen LogP contribution in [0.5, 0.6) is 0 Å². The molecule has 2 aliphatic heterocycles. The molecular weight excluding hydrogens is 501 g/mol. The van der Waals surface area contributed by atoms with Crippen LogP contribution in [-0.4, -0.2) is 36.6 Å². The summed E-state index contributed by atoms with van der Waals surface area (Å²) >= 11 is 6.30. The number of benzene rings is 1. The third-order valence-electron chi connectivity index (χ3n) is 5.12. The maximum Gasteiger partial charge on any atom is 0.191 e. The lowest BCUT2D eigenvalue weighted by Crippen LogP contribution is -2.44. The first kappa shape index (κ1) is 22.1. The van der Waals surface area contributed by atoms with Gasteiger partial charge in [0.25, 0.3) is 0 Å². The monoisotopic (exact) mass is 527 g/mol. The van der Waals surface area contributed by atoms with Gasteiger partial charge in [0.15, 0.2) is 5.96 Å². The molecule has 2 aromatic rings. The Hall–Kier alpha value is -1.58. The lowest BCUT2D eigenvalue weighted by atomic mass is 10.1. The molecule has 0 spiro atoms. The summed E-state index contributed by atoms with van der Waals surface area (Å²) in [5, 5.41) is 7.61. The number of rotatable bonds is 5.